The van der Waals surface area contributed by atoms with Crippen molar-refractivity contribution in [2.24, 2.45) is 5.84 Å². The summed E-state index contributed by atoms with van der Waals surface area (Å²) in [6, 6.07) is 5.89. The first-order valence-corrected chi connectivity index (χ1v) is 5.01. The summed E-state index contributed by atoms with van der Waals surface area (Å²) >= 11 is 0. The number of nitrogens with zero attached hydrogens (tertiary/aromatic N) is 1. The summed E-state index contributed by atoms with van der Waals surface area (Å²) in [6.07, 6.45) is 2.53. The molecule has 0 spiro atoms. The van der Waals surface area contributed by atoms with Gasteiger partial charge in [0.2, 0.25) is 0 Å². The Balaban J connectivity index is 2.70. The second kappa shape index (κ2) is 5.21. The SMILES string of the molecule is COC(C)(C)C(Cc1ccccn1)NN. The van der Waals surface area contributed by atoms with Gasteiger partial charge in [-0.1, -0.05) is 6.07 Å². The Bertz CT molecular complexity index is 287. The molecular weight excluding hydrogens is 190 g/mol. The number of nitrogens with two attached hydrogens (primary N) is 1. The molecule has 1 unspecified atom stereocenters. The summed E-state index contributed by atoms with van der Waals surface area (Å²) < 4.78 is 5.39. The van der Waals surface area contributed by atoms with Gasteiger partial charge in [0.05, 0.1) is 11.6 Å². The molecule has 3 N–H and O–H groups in total. The van der Waals surface area contributed by atoms with Crippen LogP contribution < -0.4 is 11.3 Å². The van der Waals surface area contributed by atoms with Crippen LogP contribution in [-0.2, 0) is 11.2 Å². The normalized spacial score (nSPS) is 13.9. The third-order valence-corrected chi connectivity index (χ3v) is 2.71. The van der Waals surface area contributed by atoms with E-state index in [-0.39, 0.29) is 11.6 Å². The number of ether oxygens (including phenoxy) is 1. The van der Waals surface area contributed by atoms with E-state index in [0.29, 0.717) is 0 Å². The van der Waals surface area contributed by atoms with Crippen molar-refractivity contribution < 1.29 is 4.74 Å². The minimum atomic E-state index is -0.313. The minimum absolute atomic E-state index is 0.0393. The van der Waals surface area contributed by atoms with Crippen LogP contribution in [0.2, 0.25) is 0 Å². The summed E-state index contributed by atoms with van der Waals surface area (Å²) in [4.78, 5) is 4.26. The van der Waals surface area contributed by atoms with Gasteiger partial charge in [-0.05, 0) is 26.0 Å². The lowest BCUT2D eigenvalue weighted by atomic mass is 9.94. The third-order valence-electron chi connectivity index (χ3n) is 2.71. The third kappa shape index (κ3) is 3.27. The highest BCUT2D eigenvalue weighted by Gasteiger charge is 2.28. The Kier molecular flexibility index (Phi) is 4.20. The van der Waals surface area contributed by atoms with Crippen LogP contribution >= 0.6 is 0 Å². The molecule has 4 heteroatoms. The van der Waals surface area contributed by atoms with Crippen molar-refractivity contribution >= 4 is 0 Å². The fourth-order valence-corrected chi connectivity index (χ4v) is 1.38. The zero-order valence-electron chi connectivity index (χ0n) is 9.53. The van der Waals surface area contributed by atoms with Crippen LogP contribution in [0.1, 0.15) is 19.5 Å². The maximum atomic E-state index is 5.52. The smallest absolute Gasteiger partial charge is 0.0792 e. The summed E-state index contributed by atoms with van der Waals surface area (Å²) in [5, 5.41) is 0. The fraction of sp³-hybridized carbons (Fsp3) is 0.545. The van der Waals surface area contributed by atoms with Gasteiger partial charge in [0.25, 0.3) is 0 Å². The van der Waals surface area contributed by atoms with E-state index in [9.17, 15) is 0 Å². The van der Waals surface area contributed by atoms with E-state index in [0.717, 1.165) is 12.1 Å². The van der Waals surface area contributed by atoms with Gasteiger partial charge in [0.1, 0.15) is 0 Å². The van der Waals surface area contributed by atoms with Crippen LogP contribution in [0.25, 0.3) is 0 Å². The van der Waals surface area contributed by atoms with E-state index in [1.807, 2.05) is 32.0 Å². The summed E-state index contributed by atoms with van der Waals surface area (Å²) in [5.41, 5.74) is 3.47. The molecule has 0 saturated heterocycles. The molecule has 0 fully saturated rings. The van der Waals surface area contributed by atoms with Crippen molar-refractivity contribution in [3.8, 4) is 0 Å². The van der Waals surface area contributed by atoms with E-state index in [1.54, 1.807) is 13.3 Å². The van der Waals surface area contributed by atoms with E-state index in [2.05, 4.69) is 10.4 Å². The largest absolute Gasteiger partial charge is 0.377 e. The molecule has 0 aliphatic heterocycles. The molecule has 0 amide bonds. The van der Waals surface area contributed by atoms with Crippen molar-refractivity contribution in [2.75, 3.05) is 7.11 Å². The predicted molar refractivity (Wildman–Crippen MR) is 60.1 cm³/mol. The molecule has 1 aromatic rings. The Morgan fingerprint density at radius 3 is 2.73 bits per heavy atom. The van der Waals surface area contributed by atoms with Crippen LogP contribution in [-0.4, -0.2) is 23.7 Å². The van der Waals surface area contributed by atoms with Crippen LogP contribution in [0.3, 0.4) is 0 Å². The number of rotatable bonds is 5. The van der Waals surface area contributed by atoms with Gasteiger partial charge >= 0.3 is 0 Å². The van der Waals surface area contributed by atoms with Crippen molar-refractivity contribution in [3.05, 3.63) is 30.1 Å². The van der Waals surface area contributed by atoms with Crippen molar-refractivity contribution in [2.45, 2.75) is 31.9 Å². The number of hydrogen-bond donors (Lipinski definition) is 2. The van der Waals surface area contributed by atoms with Gasteiger partial charge in [-0.2, -0.15) is 0 Å². The summed E-state index contributed by atoms with van der Waals surface area (Å²) in [5.74, 6) is 5.52. The van der Waals surface area contributed by atoms with E-state index in [4.69, 9.17) is 10.6 Å². The molecule has 1 atom stereocenters. The first-order valence-electron chi connectivity index (χ1n) is 5.01. The number of pyridine rings is 1. The van der Waals surface area contributed by atoms with Gasteiger partial charge in [-0.15, -0.1) is 0 Å². The monoisotopic (exact) mass is 209 g/mol. The molecule has 1 heterocycles. The number of hydrazine groups is 1. The first kappa shape index (κ1) is 12.1. The highest BCUT2D eigenvalue weighted by Crippen LogP contribution is 2.16. The van der Waals surface area contributed by atoms with Crippen LogP contribution in [0.15, 0.2) is 24.4 Å². The molecule has 0 aliphatic rings. The highest BCUT2D eigenvalue weighted by molar-refractivity contribution is 5.07. The molecule has 1 aromatic heterocycles. The van der Waals surface area contributed by atoms with Crippen molar-refractivity contribution in [1.82, 2.24) is 10.4 Å². The number of hydrogen-bond acceptors (Lipinski definition) is 4. The van der Waals surface area contributed by atoms with Crippen LogP contribution in [0.5, 0.6) is 0 Å². The fourth-order valence-electron chi connectivity index (χ4n) is 1.38. The maximum absolute atomic E-state index is 5.52. The molecule has 0 radical (unpaired) electrons. The average Bonchev–Trinajstić information content (AvgIpc) is 2.27. The molecule has 0 aliphatic carbocycles. The summed E-state index contributed by atoms with van der Waals surface area (Å²) in [7, 11) is 1.68. The van der Waals surface area contributed by atoms with Crippen molar-refractivity contribution in [3.63, 3.8) is 0 Å². The van der Waals surface area contributed by atoms with Crippen LogP contribution in [0, 0.1) is 0 Å². The zero-order chi connectivity index (χ0) is 11.3. The molecule has 4 nitrogen and oxygen atoms in total. The van der Waals surface area contributed by atoms with E-state index in [1.165, 1.54) is 0 Å². The number of nitrogens with one attached hydrogen (secondary N) is 1. The Hall–Kier alpha value is -0.970. The Morgan fingerprint density at radius 1 is 1.53 bits per heavy atom. The van der Waals surface area contributed by atoms with Crippen molar-refractivity contribution in [1.29, 1.82) is 0 Å². The topological polar surface area (TPSA) is 60.2 Å². The number of methoxy groups -OCH3 is 1. The molecule has 0 aromatic carbocycles. The second-order valence-electron chi connectivity index (χ2n) is 4.05. The molecule has 0 bridgehead atoms. The molecule has 84 valence electrons. The quantitative estimate of drug-likeness (QED) is 0.558. The van der Waals surface area contributed by atoms with Crippen LogP contribution in [0.4, 0.5) is 0 Å². The highest BCUT2D eigenvalue weighted by atomic mass is 16.5. The van der Waals surface area contributed by atoms with Gasteiger partial charge in [0, 0.05) is 25.4 Å². The second-order valence-corrected chi connectivity index (χ2v) is 4.05. The maximum Gasteiger partial charge on any atom is 0.0792 e. The average molecular weight is 209 g/mol. The standard InChI is InChI=1S/C11H19N3O/c1-11(2,15-3)10(14-12)8-9-6-4-5-7-13-9/h4-7,10,14H,8,12H2,1-3H3. The van der Waals surface area contributed by atoms with Gasteiger partial charge in [0.15, 0.2) is 0 Å². The lowest BCUT2D eigenvalue weighted by Crippen LogP contribution is -2.52. The molecule has 0 saturated carbocycles. The van der Waals surface area contributed by atoms with E-state index >= 15 is 0 Å². The molecule has 15 heavy (non-hydrogen) atoms. The first-order chi connectivity index (χ1) is 7.10. The lowest BCUT2D eigenvalue weighted by molar-refractivity contribution is -0.0103. The summed E-state index contributed by atoms with van der Waals surface area (Å²) in [6.45, 7) is 4.00. The van der Waals surface area contributed by atoms with E-state index < -0.39 is 0 Å². The van der Waals surface area contributed by atoms with Gasteiger partial charge < -0.3 is 4.74 Å². The molecular formula is C11H19N3O. The van der Waals surface area contributed by atoms with Gasteiger partial charge in [-0.25, -0.2) is 0 Å². The minimum Gasteiger partial charge on any atom is -0.377 e. The zero-order valence-corrected chi connectivity index (χ0v) is 9.53. The van der Waals surface area contributed by atoms with Gasteiger partial charge in [-0.3, -0.25) is 16.3 Å². The lowest BCUT2D eigenvalue weighted by Gasteiger charge is -2.32. The number of aromatic nitrogens is 1. The predicted octanol–water partition coefficient (Wildman–Crippen LogP) is 0.881. The molecule has 1 rings (SSSR count). The Labute approximate surface area is 90.8 Å². The Morgan fingerprint density at radius 2 is 2.27 bits per heavy atom.